The van der Waals surface area contributed by atoms with Gasteiger partial charge in [0.05, 0.1) is 6.54 Å². The molecule has 1 aliphatic rings. The molecule has 5 nitrogen and oxygen atoms in total. The Kier molecular flexibility index (Phi) is 5.81. The van der Waals surface area contributed by atoms with Crippen LogP contribution in [0.2, 0.25) is 0 Å². The molecule has 6 heteroatoms. The average Bonchev–Trinajstić information content (AvgIpc) is 3.20. The molecule has 1 aromatic heterocycles. The molecule has 0 saturated carbocycles. The minimum Gasteiger partial charge on any atom is -0.459 e. The molecule has 2 amide bonds. The molecule has 0 fully saturated rings. The van der Waals surface area contributed by atoms with Crippen LogP contribution < -0.4 is 10.6 Å². The molecule has 2 heterocycles. The third kappa shape index (κ3) is 4.77. The lowest BCUT2D eigenvalue weighted by molar-refractivity contribution is -0.123. The normalized spacial score (nSPS) is 15.5. The predicted molar refractivity (Wildman–Crippen MR) is 115 cm³/mol. The largest absolute Gasteiger partial charge is 0.459 e. The van der Waals surface area contributed by atoms with Gasteiger partial charge in [0.25, 0.3) is 0 Å². The van der Waals surface area contributed by atoms with E-state index < -0.39 is 0 Å². The number of anilines is 1. The van der Waals surface area contributed by atoms with Gasteiger partial charge in [0.2, 0.25) is 11.8 Å². The summed E-state index contributed by atoms with van der Waals surface area (Å²) in [6, 6.07) is 19.4. The van der Waals surface area contributed by atoms with Gasteiger partial charge in [0, 0.05) is 28.1 Å². The number of amides is 2. The molecule has 148 valence electrons. The van der Waals surface area contributed by atoms with Gasteiger partial charge in [0.1, 0.15) is 11.5 Å². The summed E-state index contributed by atoms with van der Waals surface area (Å²) in [6.07, 6.45) is 1.50. The predicted octanol–water partition coefficient (Wildman–Crippen LogP) is 4.92. The Morgan fingerprint density at radius 1 is 1.10 bits per heavy atom. The molecule has 2 N–H and O–H groups in total. The van der Waals surface area contributed by atoms with E-state index >= 15 is 0 Å². The van der Waals surface area contributed by atoms with Crippen LogP contribution >= 0.6 is 15.9 Å². The van der Waals surface area contributed by atoms with Crippen LogP contribution in [0.15, 0.2) is 69.6 Å². The molecule has 2 aromatic carbocycles. The SMILES string of the molecule is O=C(CCC1Cc2ccccc2NC1=O)NCc1ccc(-c2ccc(Br)cc2)o1. The zero-order chi connectivity index (χ0) is 20.2. The van der Waals surface area contributed by atoms with Gasteiger partial charge in [-0.1, -0.05) is 46.3 Å². The van der Waals surface area contributed by atoms with Crippen LogP contribution in [0, 0.1) is 5.92 Å². The van der Waals surface area contributed by atoms with E-state index in [4.69, 9.17) is 4.42 Å². The summed E-state index contributed by atoms with van der Waals surface area (Å²) in [7, 11) is 0. The van der Waals surface area contributed by atoms with Crippen molar-refractivity contribution in [2.45, 2.75) is 25.8 Å². The number of fused-ring (bicyclic) bond motifs is 1. The number of benzene rings is 2. The summed E-state index contributed by atoms with van der Waals surface area (Å²) >= 11 is 3.42. The van der Waals surface area contributed by atoms with Crippen LogP contribution in [0.1, 0.15) is 24.2 Å². The maximum absolute atomic E-state index is 12.2. The molecule has 1 unspecified atom stereocenters. The molecule has 0 spiro atoms. The lowest BCUT2D eigenvalue weighted by atomic mass is 9.89. The minimum absolute atomic E-state index is 0.0123. The van der Waals surface area contributed by atoms with Crippen LogP contribution in [-0.4, -0.2) is 11.8 Å². The van der Waals surface area contributed by atoms with Crippen molar-refractivity contribution in [1.82, 2.24) is 5.32 Å². The van der Waals surface area contributed by atoms with E-state index in [0.717, 1.165) is 27.0 Å². The van der Waals surface area contributed by atoms with Crippen molar-refractivity contribution in [3.8, 4) is 11.3 Å². The summed E-state index contributed by atoms with van der Waals surface area (Å²) in [4.78, 5) is 24.5. The fourth-order valence-corrected chi connectivity index (χ4v) is 3.73. The highest BCUT2D eigenvalue weighted by Gasteiger charge is 2.26. The van der Waals surface area contributed by atoms with Crippen LogP contribution in [0.4, 0.5) is 5.69 Å². The third-order valence-corrected chi connectivity index (χ3v) is 5.61. The van der Waals surface area contributed by atoms with Gasteiger partial charge in [-0.3, -0.25) is 9.59 Å². The summed E-state index contributed by atoms with van der Waals surface area (Å²) in [5, 5.41) is 5.80. The highest BCUT2D eigenvalue weighted by atomic mass is 79.9. The lowest BCUT2D eigenvalue weighted by Gasteiger charge is -2.24. The second-order valence-corrected chi connectivity index (χ2v) is 8.05. The molecule has 1 atom stereocenters. The van der Waals surface area contributed by atoms with Crippen LogP contribution in [0.5, 0.6) is 0 Å². The average molecular weight is 453 g/mol. The van der Waals surface area contributed by atoms with Crippen molar-refractivity contribution in [1.29, 1.82) is 0 Å². The Balaban J connectivity index is 1.27. The first-order chi connectivity index (χ1) is 14.1. The van der Waals surface area contributed by atoms with Crippen molar-refractivity contribution >= 4 is 33.4 Å². The number of carbonyl (C=O) groups is 2. The van der Waals surface area contributed by atoms with Crippen molar-refractivity contribution < 1.29 is 14.0 Å². The number of hydrogen-bond donors (Lipinski definition) is 2. The van der Waals surface area contributed by atoms with E-state index in [1.807, 2.05) is 60.7 Å². The van der Waals surface area contributed by atoms with Crippen molar-refractivity contribution in [3.63, 3.8) is 0 Å². The number of furan rings is 1. The second-order valence-electron chi connectivity index (χ2n) is 7.14. The van der Waals surface area contributed by atoms with E-state index in [9.17, 15) is 9.59 Å². The Labute approximate surface area is 177 Å². The molecule has 3 aromatic rings. The highest BCUT2D eigenvalue weighted by molar-refractivity contribution is 9.10. The smallest absolute Gasteiger partial charge is 0.227 e. The van der Waals surface area contributed by atoms with Crippen LogP contribution in [0.3, 0.4) is 0 Å². The minimum atomic E-state index is -0.178. The Morgan fingerprint density at radius 2 is 1.90 bits per heavy atom. The van der Waals surface area contributed by atoms with Gasteiger partial charge in [0.15, 0.2) is 0 Å². The summed E-state index contributed by atoms with van der Waals surface area (Å²) in [5.41, 5.74) is 2.97. The maximum Gasteiger partial charge on any atom is 0.227 e. The number of nitrogens with one attached hydrogen (secondary N) is 2. The first-order valence-corrected chi connectivity index (χ1v) is 10.4. The molecular formula is C23H21BrN2O3. The van der Waals surface area contributed by atoms with E-state index in [1.54, 1.807) is 0 Å². The maximum atomic E-state index is 12.2. The fourth-order valence-electron chi connectivity index (χ4n) is 3.47. The zero-order valence-electron chi connectivity index (χ0n) is 15.8. The number of hydrogen-bond acceptors (Lipinski definition) is 3. The molecule has 4 rings (SSSR count). The van der Waals surface area contributed by atoms with Crippen molar-refractivity contribution in [3.05, 3.63) is 76.5 Å². The Bertz CT molecular complexity index is 1030. The van der Waals surface area contributed by atoms with E-state index in [1.165, 1.54) is 0 Å². The molecule has 1 aliphatic heterocycles. The van der Waals surface area contributed by atoms with Gasteiger partial charge >= 0.3 is 0 Å². The molecule has 0 radical (unpaired) electrons. The van der Waals surface area contributed by atoms with Gasteiger partial charge in [-0.25, -0.2) is 0 Å². The number of rotatable bonds is 6. The second kappa shape index (κ2) is 8.66. The lowest BCUT2D eigenvalue weighted by Crippen LogP contribution is -2.31. The topological polar surface area (TPSA) is 71.3 Å². The number of para-hydroxylation sites is 1. The Hall–Kier alpha value is -2.86. The quantitative estimate of drug-likeness (QED) is 0.557. The Morgan fingerprint density at radius 3 is 2.72 bits per heavy atom. The number of carbonyl (C=O) groups excluding carboxylic acids is 2. The van der Waals surface area contributed by atoms with Gasteiger partial charge in [-0.15, -0.1) is 0 Å². The monoisotopic (exact) mass is 452 g/mol. The van der Waals surface area contributed by atoms with Crippen LogP contribution in [-0.2, 0) is 22.6 Å². The van der Waals surface area contributed by atoms with Crippen LogP contribution in [0.25, 0.3) is 11.3 Å². The first-order valence-electron chi connectivity index (χ1n) is 9.58. The van der Waals surface area contributed by atoms with E-state index in [2.05, 4.69) is 26.6 Å². The fraction of sp³-hybridized carbons (Fsp3) is 0.217. The zero-order valence-corrected chi connectivity index (χ0v) is 17.4. The summed E-state index contributed by atoms with van der Waals surface area (Å²) in [6.45, 7) is 0.328. The van der Waals surface area contributed by atoms with Gasteiger partial charge in [-0.2, -0.15) is 0 Å². The molecule has 0 aliphatic carbocycles. The van der Waals surface area contributed by atoms with Gasteiger partial charge < -0.3 is 15.1 Å². The number of halogens is 1. The summed E-state index contributed by atoms with van der Waals surface area (Å²) in [5.74, 6) is 1.18. The third-order valence-electron chi connectivity index (χ3n) is 5.08. The molecule has 29 heavy (non-hydrogen) atoms. The molecule has 0 bridgehead atoms. The highest BCUT2D eigenvalue weighted by Crippen LogP contribution is 2.27. The summed E-state index contributed by atoms with van der Waals surface area (Å²) < 4.78 is 6.83. The van der Waals surface area contributed by atoms with Crippen molar-refractivity contribution in [2.24, 2.45) is 5.92 Å². The molecular weight excluding hydrogens is 432 g/mol. The van der Waals surface area contributed by atoms with Crippen molar-refractivity contribution in [2.75, 3.05) is 5.32 Å². The molecule has 0 saturated heterocycles. The van der Waals surface area contributed by atoms with E-state index in [0.29, 0.717) is 31.6 Å². The standard InChI is InChI=1S/C23H21BrN2O3/c24-18-8-5-15(6-9-18)21-11-10-19(29-21)14-25-22(27)12-7-17-13-16-3-1-2-4-20(16)26-23(17)28/h1-6,8-11,17H,7,12-14H2,(H,25,27)(H,26,28). The first kappa shape index (κ1) is 19.5. The van der Waals surface area contributed by atoms with Gasteiger partial charge in [-0.05, 0) is 48.7 Å². The van der Waals surface area contributed by atoms with E-state index in [-0.39, 0.29) is 17.7 Å².